The number of aryl methyl sites for hydroxylation is 2. The SMILES string of the molecule is CCn1nc(C)c(Br)c1CNCC1(C)CCCCC1. The van der Waals surface area contributed by atoms with Gasteiger partial charge in [0.15, 0.2) is 0 Å². The van der Waals surface area contributed by atoms with Gasteiger partial charge in [0.1, 0.15) is 0 Å². The summed E-state index contributed by atoms with van der Waals surface area (Å²) in [6.45, 7) is 9.59. The minimum Gasteiger partial charge on any atom is -0.311 e. The molecule has 19 heavy (non-hydrogen) atoms. The zero-order valence-electron chi connectivity index (χ0n) is 12.4. The molecule has 4 heteroatoms. The Labute approximate surface area is 125 Å². The second-order valence-corrected chi connectivity index (χ2v) is 6.93. The highest BCUT2D eigenvalue weighted by Gasteiger charge is 2.26. The van der Waals surface area contributed by atoms with Gasteiger partial charge < -0.3 is 5.32 Å². The summed E-state index contributed by atoms with van der Waals surface area (Å²) in [5, 5.41) is 8.19. The molecule has 0 aromatic carbocycles. The van der Waals surface area contributed by atoms with Crippen LogP contribution in [0.15, 0.2) is 4.47 Å². The molecular formula is C15H26BrN3. The van der Waals surface area contributed by atoms with E-state index in [-0.39, 0.29) is 0 Å². The highest BCUT2D eigenvalue weighted by Crippen LogP contribution is 2.35. The fourth-order valence-corrected chi connectivity index (χ4v) is 3.53. The van der Waals surface area contributed by atoms with Gasteiger partial charge in [-0.05, 0) is 48.0 Å². The van der Waals surface area contributed by atoms with Crippen molar-refractivity contribution in [3.8, 4) is 0 Å². The number of hydrogen-bond donors (Lipinski definition) is 1. The van der Waals surface area contributed by atoms with E-state index in [1.165, 1.54) is 37.8 Å². The maximum atomic E-state index is 4.54. The van der Waals surface area contributed by atoms with Gasteiger partial charge in [-0.15, -0.1) is 0 Å². The smallest absolute Gasteiger partial charge is 0.0739 e. The van der Waals surface area contributed by atoms with Crippen LogP contribution in [0.25, 0.3) is 0 Å². The molecule has 0 aliphatic heterocycles. The summed E-state index contributed by atoms with van der Waals surface area (Å²) >= 11 is 3.66. The number of aromatic nitrogens is 2. The van der Waals surface area contributed by atoms with Crippen molar-refractivity contribution in [1.29, 1.82) is 0 Å². The summed E-state index contributed by atoms with van der Waals surface area (Å²) in [6, 6.07) is 0. The molecule has 0 spiro atoms. The summed E-state index contributed by atoms with van der Waals surface area (Å²) in [6.07, 6.45) is 6.95. The van der Waals surface area contributed by atoms with Crippen LogP contribution < -0.4 is 5.32 Å². The lowest BCUT2D eigenvalue weighted by atomic mass is 9.76. The fraction of sp³-hybridized carbons (Fsp3) is 0.800. The summed E-state index contributed by atoms with van der Waals surface area (Å²) in [7, 11) is 0. The number of halogens is 1. The number of hydrogen-bond acceptors (Lipinski definition) is 2. The van der Waals surface area contributed by atoms with Crippen LogP contribution in [0.1, 0.15) is 57.3 Å². The Morgan fingerprint density at radius 1 is 1.32 bits per heavy atom. The lowest BCUT2D eigenvalue weighted by molar-refractivity contribution is 0.207. The first-order valence-electron chi connectivity index (χ1n) is 7.48. The molecule has 1 aliphatic carbocycles. The normalized spacial score (nSPS) is 18.7. The third kappa shape index (κ3) is 3.60. The standard InChI is InChI=1S/C15H26BrN3/c1-4-19-13(14(16)12(2)18-19)10-17-11-15(3)8-6-5-7-9-15/h17H,4-11H2,1-3H3. The zero-order valence-corrected chi connectivity index (χ0v) is 14.0. The molecule has 1 aromatic heterocycles. The van der Waals surface area contributed by atoms with Crippen molar-refractivity contribution in [2.24, 2.45) is 5.41 Å². The van der Waals surface area contributed by atoms with E-state index in [4.69, 9.17) is 0 Å². The van der Waals surface area contributed by atoms with Gasteiger partial charge in [0.2, 0.25) is 0 Å². The molecule has 1 N–H and O–H groups in total. The lowest BCUT2D eigenvalue weighted by Gasteiger charge is -2.33. The van der Waals surface area contributed by atoms with Gasteiger partial charge in [0.25, 0.3) is 0 Å². The Balaban J connectivity index is 1.92. The monoisotopic (exact) mass is 327 g/mol. The highest BCUT2D eigenvalue weighted by atomic mass is 79.9. The molecule has 3 nitrogen and oxygen atoms in total. The first-order chi connectivity index (χ1) is 9.06. The molecule has 1 fully saturated rings. The van der Waals surface area contributed by atoms with E-state index in [0.29, 0.717) is 5.41 Å². The van der Waals surface area contributed by atoms with Gasteiger partial charge >= 0.3 is 0 Å². The van der Waals surface area contributed by atoms with Crippen molar-refractivity contribution in [3.05, 3.63) is 15.9 Å². The summed E-state index contributed by atoms with van der Waals surface area (Å²) in [5.41, 5.74) is 2.86. The van der Waals surface area contributed by atoms with E-state index in [1.54, 1.807) is 0 Å². The number of nitrogens with zero attached hydrogens (tertiary/aromatic N) is 2. The summed E-state index contributed by atoms with van der Waals surface area (Å²) < 4.78 is 3.26. The second-order valence-electron chi connectivity index (χ2n) is 6.14. The van der Waals surface area contributed by atoms with E-state index in [2.05, 4.69) is 51.8 Å². The Bertz CT molecular complexity index is 419. The topological polar surface area (TPSA) is 29.9 Å². The van der Waals surface area contributed by atoms with Crippen LogP contribution in [0.5, 0.6) is 0 Å². The van der Waals surface area contributed by atoms with E-state index >= 15 is 0 Å². The van der Waals surface area contributed by atoms with Crippen LogP contribution in [0.3, 0.4) is 0 Å². The van der Waals surface area contributed by atoms with E-state index in [1.807, 2.05) is 0 Å². The summed E-state index contributed by atoms with van der Waals surface area (Å²) in [4.78, 5) is 0. The van der Waals surface area contributed by atoms with Crippen LogP contribution in [-0.2, 0) is 13.1 Å². The first-order valence-corrected chi connectivity index (χ1v) is 8.27. The van der Waals surface area contributed by atoms with Crippen LogP contribution in [-0.4, -0.2) is 16.3 Å². The van der Waals surface area contributed by atoms with Crippen molar-refractivity contribution in [2.45, 2.75) is 66.0 Å². The number of rotatable bonds is 5. The lowest BCUT2D eigenvalue weighted by Crippen LogP contribution is -2.33. The van der Waals surface area contributed by atoms with Gasteiger partial charge in [-0.25, -0.2) is 0 Å². The molecule has 108 valence electrons. The van der Waals surface area contributed by atoms with Gasteiger partial charge in [-0.2, -0.15) is 5.10 Å². The molecular weight excluding hydrogens is 302 g/mol. The van der Waals surface area contributed by atoms with Gasteiger partial charge in [0.05, 0.1) is 15.9 Å². The molecule has 1 aromatic rings. The predicted octanol–water partition coefficient (Wildman–Crippen LogP) is 4.03. The zero-order chi connectivity index (χ0) is 13.9. The minimum atomic E-state index is 0.497. The van der Waals surface area contributed by atoms with Gasteiger partial charge in [-0.1, -0.05) is 26.2 Å². The molecule has 2 rings (SSSR count). The Morgan fingerprint density at radius 3 is 2.63 bits per heavy atom. The van der Waals surface area contributed by atoms with Crippen molar-refractivity contribution in [1.82, 2.24) is 15.1 Å². The molecule has 0 saturated heterocycles. The van der Waals surface area contributed by atoms with Gasteiger partial charge in [-0.3, -0.25) is 4.68 Å². The third-order valence-corrected chi connectivity index (χ3v) is 5.39. The molecule has 0 bridgehead atoms. The molecule has 1 aliphatic rings. The second kappa shape index (κ2) is 6.40. The van der Waals surface area contributed by atoms with Crippen molar-refractivity contribution in [3.63, 3.8) is 0 Å². The largest absolute Gasteiger partial charge is 0.311 e. The van der Waals surface area contributed by atoms with Crippen molar-refractivity contribution in [2.75, 3.05) is 6.54 Å². The van der Waals surface area contributed by atoms with E-state index in [9.17, 15) is 0 Å². The average Bonchev–Trinajstić information content (AvgIpc) is 2.67. The fourth-order valence-electron chi connectivity index (χ4n) is 3.10. The van der Waals surface area contributed by atoms with E-state index < -0.39 is 0 Å². The molecule has 0 unspecified atom stereocenters. The highest BCUT2D eigenvalue weighted by molar-refractivity contribution is 9.10. The van der Waals surface area contributed by atoms with Crippen molar-refractivity contribution >= 4 is 15.9 Å². The number of nitrogens with one attached hydrogen (secondary N) is 1. The van der Waals surface area contributed by atoms with Crippen LogP contribution in [0.2, 0.25) is 0 Å². The molecule has 1 saturated carbocycles. The first kappa shape index (κ1) is 15.0. The Kier molecular flexibility index (Phi) is 5.07. The van der Waals surface area contributed by atoms with E-state index in [0.717, 1.165) is 29.8 Å². The van der Waals surface area contributed by atoms with Crippen LogP contribution in [0.4, 0.5) is 0 Å². The molecule has 1 heterocycles. The van der Waals surface area contributed by atoms with Crippen LogP contribution in [0, 0.1) is 12.3 Å². The Hall–Kier alpha value is -0.350. The molecule has 0 radical (unpaired) electrons. The summed E-state index contributed by atoms with van der Waals surface area (Å²) in [5.74, 6) is 0. The minimum absolute atomic E-state index is 0.497. The molecule has 0 amide bonds. The maximum absolute atomic E-state index is 4.54. The Morgan fingerprint density at radius 2 is 2.00 bits per heavy atom. The van der Waals surface area contributed by atoms with Crippen molar-refractivity contribution < 1.29 is 0 Å². The molecule has 0 atom stereocenters. The van der Waals surface area contributed by atoms with Gasteiger partial charge in [0, 0.05) is 19.6 Å². The predicted molar refractivity (Wildman–Crippen MR) is 83.2 cm³/mol. The van der Waals surface area contributed by atoms with Crippen LogP contribution >= 0.6 is 15.9 Å². The maximum Gasteiger partial charge on any atom is 0.0739 e. The third-order valence-electron chi connectivity index (χ3n) is 4.36. The quantitative estimate of drug-likeness (QED) is 0.884. The average molecular weight is 328 g/mol.